The lowest BCUT2D eigenvalue weighted by Gasteiger charge is -2.12. The topological polar surface area (TPSA) is 58.2 Å². The van der Waals surface area contributed by atoms with Crippen LogP contribution in [0.5, 0.6) is 0 Å². The molecule has 17 heavy (non-hydrogen) atoms. The first-order valence-corrected chi connectivity index (χ1v) is 6.78. The molecule has 0 amide bonds. The molecule has 1 aromatic rings. The highest BCUT2D eigenvalue weighted by molar-refractivity contribution is 7.89. The van der Waals surface area contributed by atoms with E-state index in [2.05, 4.69) is 10.0 Å². The van der Waals surface area contributed by atoms with E-state index in [1.54, 1.807) is 20.9 Å². The summed E-state index contributed by atoms with van der Waals surface area (Å²) < 4.78 is 39.5. The lowest BCUT2D eigenvalue weighted by Crippen LogP contribution is -2.31. The van der Waals surface area contributed by atoms with Crippen molar-refractivity contribution in [2.75, 3.05) is 20.1 Å². The number of halogens is 1. The Balaban J connectivity index is 3.07. The Bertz CT molecular complexity index is 477. The first-order valence-electron chi connectivity index (χ1n) is 5.29. The molecule has 1 rings (SSSR count). The van der Waals surface area contributed by atoms with Gasteiger partial charge in [0.15, 0.2) is 0 Å². The van der Waals surface area contributed by atoms with E-state index in [9.17, 15) is 12.8 Å². The summed E-state index contributed by atoms with van der Waals surface area (Å²) in [5.74, 6) is -0.422. The number of nitrogens with one attached hydrogen (secondary N) is 2. The standard InChI is InChI=1S/C11H17FN2O2S/c1-8-6-10(12)7-9(2)11(8)17(15,16)14-5-4-13-3/h6-7,13-14H,4-5H2,1-3H3. The van der Waals surface area contributed by atoms with Crippen LogP contribution < -0.4 is 10.0 Å². The maximum absolute atomic E-state index is 13.1. The highest BCUT2D eigenvalue weighted by atomic mass is 32.2. The second kappa shape index (κ2) is 5.57. The van der Waals surface area contributed by atoms with Crippen LogP contribution in [0.4, 0.5) is 4.39 Å². The van der Waals surface area contributed by atoms with Crippen molar-refractivity contribution < 1.29 is 12.8 Å². The van der Waals surface area contributed by atoms with Gasteiger partial charge in [-0.25, -0.2) is 17.5 Å². The second-order valence-corrected chi connectivity index (χ2v) is 5.57. The highest BCUT2D eigenvalue weighted by Gasteiger charge is 2.19. The maximum atomic E-state index is 13.1. The largest absolute Gasteiger partial charge is 0.318 e. The molecule has 0 atom stereocenters. The van der Waals surface area contributed by atoms with Gasteiger partial charge in [0.25, 0.3) is 0 Å². The highest BCUT2D eigenvalue weighted by Crippen LogP contribution is 2.20. The van der Waals surface area contributed by atoms with Crippen molar-refractivity contribution in [3.8, 4) is 0 Å². The molecule has 0 saturated carbocycles. The van der Waals surface area contributed by atoms with Crippen LogP contribution >= 0.6 is 0 Å². The Labute approximate surface area is 101 Å². The molecule has 0 unspecified atom stereocenters. The minimum atomic E-state index is -3.57. The zero-order valence-corrected chi connectivity index (χ0v) is 11.0. The summed E-state index contributed by atoms with van der Waals surface area (Å²) in [6.07, 6.45) is 0. The van der Waals surface area contributed by atoms with Gasteiger partial charge in [-0.2, -0.15) is 0 Å². The van der Waals surface area contributed by atoms with Gasteiger partial charge in [-0.15, -0.1) is 0 Å². The third-order valence-electron chi connectivity index (χ3n) is 2.36. The Morgan fingerprint density at radius 2 is 1.71 bits per heavy atom. The summed E-state index contributed by atoms with van der Waals surface area (Å²) in [7, 11) is -1.83. The van der Waals surface area contributed by atoms with Gasteiger partial charge in [0.05, 0.1) is 4.90 Å². The Morgan fingerprint density at radius 1 is 1.18 bits per heavy atom. The van der Waals surface area contributed by atoms with E-state index in [0.717, 1.165) is 0 Å². The molecule has 0 aliphatic carbocycles. The van der Waals surface area contributed by atoms with E-state index in [4.69, 9.17) is 0 Å². The summed E-state index contributed by atoms with van der Waals surface area (Å²) in [5.41, 5.74) is 0.832. The molecule has 0 heterocycles. The third kappa shape index (κ3) is 3.49. The van der Waals surface area contributed by atoms with Crippen molar-refractivity contribution in [2.24, 2.45) is 0 Å². The molecule has 6 heteroatoms. The first kappa shape index (κ1) is 14.1. The first-order chi connectivity index (χ1) is 7.88. The van der Waals surface area contributed by atoms with Gasteiger partial charge >= 0.3 is 0 Å². The molecule has 4 nitrogen and oxygen atoms in total. The maximum Gasteiger partial charge on any atom is 0.241 e. The van der Waals surface area contributed by atoms with Crippen LogP contribution in [0.25, 0.3) is 0 Å². The summed E-state index contributed by atoms with van der Waals surface area (Å²) >= 11 is 0. The van der Waals surface area contributed by atoms with E-state index in [1.807, 2.05) is 0 Å². The molecule has 1 aromatic carbocycles. The van der Waals surface area contributed by atoms with Gasteiger partial charge in [-0.05, 0) is 44.2 Å². The van der Waals surface area contributed by atoms with Crippen LogP contribution in [-0.2, 0) is 10.0 Å². The van der Waals surface area contributed by atoms with Gasteiger partial charge in [0.2, 0.25) is 10.0 Å². The lowest BCUT2D eigenvalue weighted by molar-refractivity contribution is 0.577. The zero-order chi connectivity index (χ0) is 13.1. The van der Waals surface area contributed by atoms with E-state index >= 15 is 0 Å². The summed E-state index contributed by atoms with van der Waals surface area (Å²) in [4.78, 5) is 0.162. The molecule has 0 fully saturated rings. The van der Waals surface area contributed by atoms with Crippen molar-refractivity contribution in [3.63, 3.8) is 0 Å². The number of likely N-dealkylation sites (N-methyl/N-ethyl adjacent to an activating group) is 1. The number of rotatable bonds is 5. The average Bonchev–Trinajstić information content (AvgIpc) is 2.15. The monoisotopic (exact) mass is 260 g/mol. The molecule has 0 bridgehead atoms. The lowest BCUT2D eigenvalue weighted by atomic mass is 10.1. The van der Waals surface area contributed by atoms with Crippen molar-refractivity contribution in [2.45, 2.75) is 18.7 Å². The van der Waals surface area contributed by atoms with Crippen LogP contribution in [0.1, 0.15) is 11.1 Å². The van der Waals surface area contributed by atoms with Crippen molar-refractivity contribution in [1.29, 1.82) is 0 Å². The van der Waals surface area contributed by atoms with Crippen LogP contribution in [0.2, 0.25) is 0 Å². The molecule has 0 aliphatic rings. The number of benzene rings is 1. The van der Waals surface area contributed by atoms with Crippen LogP contribution in [-0.4, -0.2) is 28.6 Å². The summed E-state index contributed by atoms with van der Waals surface area (Å²) in [6.45, 7) is 4.01. The number of aryl methyl sites for hydroxylation is 2. The fourth-order valence-corrected chi connectivity index (χ4v) is 3.18. The quantitative estimate of drug-likeness (QED) is 0.775. The van der Waals surface area contributed by atoms with Crippen LogP contribution in [0.3, 0.4) is 0 Å². The van der Waals surface area contributed by atoms with Crippen LogP contribution in [0, 0.1) is 19.7 Å². The Kier molecular flexibility index (Phi) is 4.62. The zero-order valence-electron chi connectivity index (χ0n) is 10.2. The predicted octanol–water partition coefficient (Wildman–Crippen LogP) is 0.940. The predicted molar refractivity (Wildman–Crippen MR) is 65.0 cm³/mol. The Hall–Kier alpha value is -0.980. The van der Waals surface area contributed by atoms with Gasteiger partial charge in [0, 0.05) is 13.1 Å². The molecule has 96 valence electrons. The van der Waals surface area contributed by atoms with E-state index in [-0.39, 0.29) is 4.90 Å². The normalized spacial score (nSPS) is 11.8. The molecule has 0 aliphatic heterocycles. The molecular formula is C11H17FN2O2S. The van der Waals surface area contributed by atoms with Gasteiger partial charge in [-0.1, -0.05) is 0 Å². The average molecular weight is 260 g/mol. The molecule has 0 spiro atoms. The minimum Gasteiger partial charge on any atom is -0.318 e. The van der Waals surface area contributed by atoms with Gasteiger partial charge in [0.1, 0.15) is 5.82 Å². The van der Waals surface area contributed by atoms with E-state index in [0.29, 0.717) is 24.2 Å². The van der Waals surface area contributed by atoms with Crippen molar-refractivity contribution >= 4 is 10.0 Å². The molecule has 0 saturated heterocycles. The number of sulfonamides is 1. The third-order valence-corrected chi connectivity index (χ3v) is 4.13. The van der Waals surface area contributed by atoms with E-state index in [1.165, 1.54) is 12.1 Å². The fraction of sp³-hybridized carbons (Fsp3) is 0.455. The Morgan fingerprint density at radius 3 is 2.18 bits per heavy atom. The molecular weight excluding hydrogens is 243 g/mol. The summed E-state index contributed by atoms with van der Waals surface area (Å²) in [6, 6.07) is 2.44. The SMILES string of the molecule is CNCCNS(=O)(=O)c1c(C)cc(F)cc1C. The van der Waals surface area contributed by atoms with Crippen LogP contribution in [0.15, 0.2) is 17.0 Å². The minimum absolute atomic E-state index is 0.162. The second-order valence-electron chi connectivity index (χ2n) is 3.87. The van der Waals surface area contributed by atoms with Gasteiger partial charge < -0.3 is 5.32 Å². The van der Waals surface area contributed by atoms with Crippen molar-refractivity contribution in [1.82, 2.24) is 10.0 Å². The fourth-order valence-electron chi connectivity index (χ4n) is 1.70. The summed E-state index contributed by atoms with van der Waals surface area (Å²) in [5, 5.41) is 2.84. The molecule has 0 radical (unpaired) electrons. The number of hydrogen-bond acceptors (Lipinski definition) is 3. The smallest absolute Gasteiger partial charge is 0.241 e. The molecule has 0 aromatic heterocycles. The van der Waals surface area contributed by atoms with Crippen molar-refractivity contribution in [3.05, 3.63) is 29.1 Å². The molecule has 2 N–H and O–H groups in total. The van der Waals surface area contributed by atoms with Gasteiger partial charge in [-0.3, -0.25) is 0 Å². The van der Waals surface area contributed by atoms with E-state index < -0.39 is 15.8 Å². The number of hydrogen-bond donors (Lipinski definition) is 2.